The maximum atomic E-state index is 11.2. The lowest BCUT2D eigenvalue weighted by Crippen LogP contribution is -2.24. The van der Waals surface area contributed by atoms with Crippen molar-refractivity contribution >= 4 is 12.1 Å². The van der Waals surface area contributed by atoms with Crippen LogP contribution in [0.25, 0.3) is 0 Å². The molecule has 5 nitrogen and oxygen atoms in total. The molecule has 0 radical (unpaired) electrons. The smallest absolute Gasteiger partial charge is 0.411 e. The van der Waals surface area contributed by atoms with E-state index in [1.165, 1.54) is 6.08 Å². The Labute approximate surface area is 95.8 Å². The second kappa shape index (κ2) is 8.76. The summed E-state index contributed by atoms with van der Waals surface area (Å²) >= 11 is 0. The lowest BCUT2D eigenvalue weighted by Gasteiger charge is -2.08. The van der Waals surface area contributed by atoms with Gasteiger partial charge in [-0.05, 0) is 20.3 Å². The lowest BCUT2D eigenvalue weighted by atomic mass is 10.2. The molecule has 0 unspecified atom stereocenters. The fourth-order valence-corrected chi connectivity index (χ4v) is 1.06. The van der Waals surface area contributed by atoms with E-state index < -0.39 is 12.1 Å². The second-order valence-corrected chi connectivity index (χ2v) is 3.02. The Balaban J connectivity index is 4.35. The molecule has 0 aromatic carbocycles. The van der Waals surface area contributed by atoms with Crippen molar-refractivity contribution in [2.45, 2.75) is 33.6 Å². The van der Waals surface area contributed by atoms with E-state index in [0.29, 0.717) is 25.3 Å². The van der Waals surface area contributed by atoms with E-state index >= 15 is 0 Å². The second-order valence-electron chi connectivity index (χ2n) is 3.02. The van der Waals surface area contributed by atoms with Crippen molar-refractivity contribution in [2.24, 2.45) is 0 Å². The van der Waals surface area contributed by atoms with E-state index in [4.69, 9.17) is 9.47 Å². The minimum absolute atomic E-state index is 0.296. The molecular formula is C11H19NO4. The molecular weight excluding hydrogens is 210 g/mol. The number of allylic oxidation sites excluding steroid dienone is 1. The molecule has 0 saturated carbocycles. The minimum atomic E-state index is -0.550. The summed E-state index contributed by atoms with van der Waals surface area (Å²) in [6.45, 7) is 6.00. The predicted octanol–water partition coefficient (Wildman–Crippen LogP) is 1.98. The molecule has 0 bridgehead atoms. The number of carbonyl (C=O) groups excluding carboxylic acids is 2. The topological polar surface area (TPSA) is 64.6 Å². The molecule has 0 aromatic heterocycles. The van der Waals surface area contributed by atoms with Gasteiger partial charge in [0.2, 0.25) is 0 Å². The number of amides is 1. The van der Waals surface area contributed by atoms with Gasteiger partial charge >= 0.3 is 12.1 Å². The van der Waals surface area contributed by atoms with Crippen LogP contribution in [0.2, 0.25) is 0 Å². The summed E-state index contributed by atoms with van der Waals surface area (Å²) in [4.78, 5) is 22.3. The zero-order chi connectivity index (χ0) is 12.4. The van der Waals surface area contributed by atoms with Crippen molar-refractivity contribution in [1.29, 1.82) is 0 Å². The number of nitrogens with one attached hydrogen (secondary N) is 1. The number of esters is 1. The Morgan fingerprint density at radius 1 is 1.12 bits per heavy atom. The zero-order valence-electron chi connectivity index (χ0n) is 10.0. The number of hydrogen-bond acceptors (Lipinski definition) is 4. The highest BCUT2D eigenvalue weighted by molar-refractivity contribution is 5.83. The quantitative estimate of drug-likeness (QED) is 0.558. The first kappa shape index (κ1) is 14.5. The molecule has 0 aliphatic rings. The molecule has 1 N–H and O–H groups in total. The number of alkyl carbamates (subject to hydrolysis) is 1. The molecule has 0 heterocycles. The van der Waals surface area contributed by atoms with Gasteiger partial charge < -0.3 is 9.47 Å². The Hall–Kier alpha value is -1.52. The fourth-order valence-electron chi connectivity index (χ4n) is 1.06. The van der Waals surface area contributed by atoms with Gasteiger partial charge in [0.25, 0.3) is 0 Å². The molecule has 0 saturated heterocycles. The van der Waals surface area contributed by atoms with Crippen molar-refractivity contribution in [2.75, 3.05) is 13.2 Å². The Kier molecular flexibility index (Phi) is 7.93. The molecule has 0 rings (SSSR count). The van der Waals surface area contributed by atoms with Crippen LogP contribution in [-0.2, 0) is 14.3 Å². The van der Waals surface area contributed by atoms with Crippen LogP contribution >= 0.6 is 0 Å². The third-order valence-corrected chi connectivity index (χ3v) is 1.64. The molecule has 0 aliphatic carbocycles. The van der Waals surface area contributed by atoms with Gasteiger partial charge in [0, 0.05) is 11.8 Å². The Morgan fingerprint density at radius 3 is 2.25 bits per heavy atom. The summed E-state index contributed by atoms with van der Waals surface area (Å²) in [6, 6.07) is 0. The molecule has 0 aromatic rings. The maximum Gasteiger partial charge on any atom is 0.411 e. The Bertz CT molecular complexity index is 261. The highest BCUT2D eigenvalue weighted by Crippen LogP contribution is 2.02. The predicted molar refractivity (Wildman–Crippen MR) is 59.8 cm³/mol. The van der Waals surface area contributed by atoms with Crippen LogP contribution in [0.15, 0.2) is 11.8 Å². The van der Waals surface area contributed by atoms with Gasteiger partial charge in [-0.3, -0.25) is 5.32 Å². The van der Waals surface area contributed by atoms with Crippen molar-refractivity contribution in [3.8, 4) is 0 Å². The third kappa shape index (κ3) is 6.86. The molecule has 0 atom stereocenters. The highest BCUT2D eigenvalue weighted by Gasteiger charge is 2.06. The highest BCUT2D eigenvalue weighted by atomic mass is 16.5. The summed E-state index contributed by atoms with van der Waals surface area (Å²) in [5.41, 5.74) is 0.513. The van der Waals surface area contributed by atoms with Gasteiger partial charge in [0.1, 0.15) is 0 Å². The van der Waals surface area contributed by atoms with E-state index in [2.05, 4.69) is 5.32 Å². The molecule has 1 amide bonds. The summed E-state index contributed by atoms with van der Waals surface area (Å²) < 4.78 is 9.47. The lowest BCUT2D eigenvalue weighted by molar-refractivity contribution is -0.137. The largest absolute Gasteiger partial charge is 0.463 e. The van der Waals surface area contributed by atoms with Crippen LogP contribution in [0.4, 0.5) is 4.79 Å². The fraction of sp³-hybridized carbons (Fsp3) is 0.636. The molecule has 16 heavy (non-hydrogen) atoms. The summed E-state index contributed by atoms with van der Waals surface area (Å²) in [5, 5.41) is 2.51. The first-order valence-corrected chi connectivity index (χ1v) is 5.45. The van der Waals surface area contributed by atoms with Gasteiger partial charge in [0.05, 0.1) is 13.2 Å². The van der Waals surface area contributed by atoms with E-state index in [9.17, 15) is 9.59 Å². The summed E-state index contributed by atoms with van der Waals surface area (Å²) in [6.07, 6.45) is 2.14. The van der Waals surface area contributed by atoms with E-state index in [1.54, 1.807) is 13.8 Å². The molecule has 5 heteroatoms. The molecule has 92 valence electrons. The monoisotopic (exact) mass is 229 g/mol. The van der Waals surface area contributed by atoms with Crippen molar-refractivity contribution < 1.29 is 19.1 Å². The summed E-state index contributed by atoms with van der Waals surface area (Å²) in [7, 11) is 0. The zero-order valence-corrected chi connectivity index (χ0v) is 10.0. The number of carbonyl (C=O) groups is 2. The van der Waals surface area contributed by atoms with Gasteiger partial charge in [-0.1, -0.05) is 13.3 Å². The molecule has 0 fully saturated rings. The Morgan fingerprint density at radius 2 is 1.75 bits per heavy atom. The van der Waals surface area contributed by atoms with Crippen LogP contribution in [-0.4, -0.2) is 25.3 Å². The van der Waals surface area contributed by atoms with Gasteiger partial charge in [0.15, 0.2) is 0 Å². The van der Waals surface area contributed by atoms with Gasteiger partial charge in [-0.15, -0.1) is 0 Å². The van der Waals surface area contributed by atoms with Crippen LogP contribution in [0.1, 0.15) is 33.6 Å². The third-order valence-electron chi connectivity index (χ3n) is 1.64. The van der Waals surface area contributed by atoms with Crippen LogP contribution in [0.5, 0.6) is 0 Å². The SMILES string of the molecule is CCCC(=CC(=O)OCC)NC(=O)OCC. The minimum Gasteiger partial charge on any atom is -0.463 e. The average molecular weight is 229 g/mol. The van der Waals surface area contributed by atoms with Crippen LogP contribution < -0.4 is 5.32 Å². The van der Waals surface area contributed by atoms with Crippen molar-refractivity contribution in [3.05, 3.63) is 11.8 Å². The van der Waals surface area contributed by atoms with Crippen LogP contribution in [0.3, 0.4) is 0 Å². The van der Waals surface area contributed by atoms with E-state index in [0.717, 1.165) is 6.42 Å². The van der Waals surface area contributed by atoms with Crippen molar-refractivity contribution in [3.63, 3.8) is 0 Å². The first-order chi connectivity index (χ1) is 7.63. The number of rotatable bonds is 6. The van der Waals surface area contributed by atoms with Crippen LogP contribution in [0, 0.1) is 0 Å². The van der Waals surface area contributed by atoms with E-state index in [-0.39, 0.29) is 0 Å². The molecule has 0 aliphatic heterocycles. The molecule has 0 spiro atoms. The normalized spacial score (nSPS) is 10.8. The standard InChI is InChI=1S/C11H19NO4/c1-4-7-9(8-10(13)15-5-2)12-11(14)16-6-3/h8H,4-7H2,1-3H3,(H,12,14). The summed E-state index contributed by atoms with van der Waals surface area (Å²) in [5.74, 6) is -0.456. The number of hydrogen-bond donors (Lipinski definition) is 1. The van der Waals surface area contributed by atoms with Gasteiger partial charge in [-0.2, -0.15) is 0 Å². The van der Waals surface area contributed by atoms with E-state index in [1.807, 2.05) is 6.92 Å². The van der Waals surface area contributed by atoms with Crippen molar-refractivity contribution in [1.82, 2.24) is 5.32 Å². The maximum absolute atomic E-state index is 11.2. The first-order valence-electron chi connectivity index (χ1n) is 5.45. The number of ether oxygens (including phenoxy) is 2. The average Bonchev–Trinajstić information content (AvgIpc) is 2.18. The van der Waals surface area contributed by atoms with Gasteiger partial charge in [-0.25, -0.2) is 9.59 Å².